The van der Waals surface area contributed by atoms with Crippen molar-refractivity contribution < 1.29 is 14.0 Å². The summed E-state index contributed by atoms with van der Waals surface area (Å²) in [5.41, 5.74) is 1.70. The maximum atomic E-state index is 13.2. The zero-order valence-corrected chi connectivity index (χ0v) is 18.8. The quantitative estimate of drug-likeness (QED) is 0.668. The van der Waals surface area contributed by atoms with Crippen molar-refractivity contribution in [3.8, 4) is 0 Å². The number of carbonyl (C=O) groups excluding carboxylic acids is 2. The predicted molar refractivity (Wildman–Crippen MR) is 119 cm³/mol. The van der Waals surface area contributed by atoms with Crippen LogP contribution in [-0.2, 0) is 11.2 Å². The van der Waals surface area contributed by atoms with Gasteiger partial charge in [0.15, 0.2) is 0 Å². The van der Waals surface area contributed by atoms with E-state index >= 15 is 0 Å². The Kier molecular flexibility index (Phi) is 6.61. The van der Waals surface area contributed by atoms with E-state index in [1.165, 1.54) is 24.5 Å². The predicted octanol–water partition coefficient (Wildman–Crippen LogP) is 4.96. The molecule has 4 rings (SSSR count). The number of carbonyl (C=O) groups is 2. The fourth-order valence-corrected chi connectivity index (χ4v) is 5.11. The third kappa shape index (κ3) is 4.97. The molecular formula is C24H29BrN2O3. The minimum Gasteiger partial charge on any atom is -0.472 e. The summed E-state index contributed by atoms with van der Waals surface area (Å²) < 4.78 is 6.10. The summed E-state index contributed by atoms with van der Waals surface area (Å²) in [5, 5.41) is 3.47. The number of rotatable bonds is 5. The lowest BCUT2D eigenvalue weighted by atomic mass is 9.77. The normalized spacial score (nSPS) is 19.4. The van der Waals surface area contributed by atoms with Gasteiger partial charge in [0.2, 0.25) is 5.91 Å². The molecule has 1 aliphatic carbocycles. The van der Waals surface area contributed by atoms with Gasteiger partial charge in [0.1, 0.15) is 6.26 Å². The highest BCUT2D eigenvalue weighted by molar-refractivity contribution is 9.10. The standard InChI is InChI=1S/C24H29BrN2O3/c25-21-6-4-18(5-7-21)16-24(11-2-1-3-12-24)26-22(28)19-8-13-27(14-9-19)23(29)20-10-15-30-17-20/h4-7,10,15,17,19H,1-3,8-9,11-14,16H2,(H,26,28). The number of benzene rings is 1. The third-order valence-electron chi connectivity index (χ3n) is 6.58. The monoisotopic (exact) mass is 472 g/mol. The van der Waals surface area contributed by atoms with Crippen molar-refractivity contribution in [3.63, 3.8) is 0 Å². The summed E-state index contributed by atoms with van der Waals surface area (Å²) in [5.74, 6) is 0.119. The van der Waals surface area contributed by atoms with Crippen molar-refractivity contribution in [2.24, 2.45) is 5.92 Å². The number of likely N-dealkylation sites (tertiary alicyclic amines) is 1. The van der Waals surface area contributed by atoms with E-state index < -0.39 is 0 Å². The second kappa shape index (κ2) is 9.38. The van der Waals surface area contributed by atoms with Gasteiger partial charge in [-0.2, -0.15) is 0 Å². The van der Waals surface area contributed by atoms with Gasteiger partial charge < -0.3 is 14.6 Å². The van der Waals surface area contributed by atoms with Crippen LogP contribution in [0.15, 0.2) is 51.7 Å². The molecule has 0 unspecified atom stereocenters. The van der Waals surface area contributed by atoms with Crippen LogP contribution in [0.5, 0.6) is 0 Å². The van der Waals surface area contributed by atoms with Crippen LogP contribution in [0, 0.1) is 5.92 Å². The first kappa shape index (κ1) is 21.2. The van der Waals surface area contributed by atoms with Crippen LogP contribution in [-0.4, -0.2) is 35.3 Å². The van der Waals surface area contributed by atoms with Gasteiger partial charge >= 0.3 is 0 Å². The smallest absolute Gasteiger partial charge is 0.257 e. The molecule has 0 spiro atoms. The highest BCUT2D eigenvalue weighted by atomic mass is 79.9. The number of furan rings is 1. The lowest BCUT2D eigenvalue weighted by molar-refractivity contribution is -0.128. The first-order valence-corrected chi connectivity index (χ1v) is 11.7. The molecule has 6 heteroatoms. The van der Waals surface area contributed by atoms with E-state index in [0.29, 0.717) is 31.5 Å². The summed E-state index contributed by atoms with van der Waals surface area (Å²) in [6.07, 6.45) is 10.9. The molecule has 0 radical (unpaired) electrons. The van der Waals surface area contributed by atoms with Crippen LogP contribution < -0.4 is 5.32 Å². The van der Waals surface area contributed by atoms with Crippen LogP contribution in [0.3, 0.4) is 0 Å². The Hall–Kier alpha value is -2.08. The van der Waals surface area contributed by atoms with Gasteiger partial charge in [-0.25, -0.2) is 0 Å². The van der Waals surface area contributed by atoms with E-state index in [9.17, 15) is 9.59 Å². The van der Waals surface area contributed by atoms with Crippen molar-refractivity contribution in [1.29, 1.82) is 0 Å². The highest BCUT2D eigenvalue weighted by Gasteiger charge is 2.36. The number of halogens is 1. The van der Waals surface area contributed by atoms with E-state index in [0.717, 1.165) is 36.6 Å². The maximum Gasteiger partial charge on any atom is 0.257 e. The first-order valence-electron chi connectivity index (χ1n) is 10.9. The lowest BCUT2D eigenvalue weighted by Gasteiger charge is -2.40. The van der Waals surface area contributed by atoms with Gasteiger partial charge in [0.05, 0.1) is 11.8 Å². The molecule has 2 amide bonds. The average Bonchev–Trinajstić information content (AvgIpc) is 3.30. The minimum absolute atomic E-state index is 0.0124. The molecule has 2 aliphatic rings. The zero-order chi connectivity index (χ0) is 21.0. The zero-order valence-electron chi connectivity index (χ0n) is 17.2. The van der Waals surface area contributed by atoms with Gasteiger partial charge in [-0.15, -0.1) is 0 Å². The maximum absolute atomic E-state index is 13.2. The summed E-state index contributed by atoms with van der Waals surface area (Å²) in [4.78, 5) is 27.5. The SMILES string of the molecule is O=C(NC1(Cc2ccc(Br)cc2)CCCCC1)C1CCN(C(=O)c2ccoc2)CC1. The van der Waals surface area contributed by atoms with Gasteiger partial charge in [0, 0.05) is 29.0 Å². The molecule has 1 aromatic carbocycles. The molecule has 1 N–H and O–H groups in total. The van der Waals surface area contributed by atoms with Crippen molar-refractivity contribution in [2.45, 2.75) is 56.9 Å². The molecule has 5 nitrogen and oxygen atoms in total. The number of nitrogens with zero attached hydrogens (tertiary/aromatic N) is 1. The van der Waals surface area contributed by atoms with Gasteiger partial charge in [0.25, 0.3) is 5.91 Å². The molecule has 2 aromatic rings. The Bertz CT molecular complexity index is 849. The molecule has 0 atom stereocenters. The van der Waals surface area contributed by atoms with Crippen molar-refractivity contribution in [1.82, 2.24) is 10.2 Å². The van der Waals surface area contributed by atoms with Gasteiger partial charge in [-0.1, -0.05) is 47.3 Å². The summed E-state index contributed by atoms with van der Waals surface area (Å²) in [7, 11) is 0. The highest BCUT2D eigenvalue weighted by Crippen LogP contribution is 2.33. The Labute approximate surface area is 186 Å². The molecule has 1 saturated heterocycles. The molecule has 2 fully saturated rings. The third-order valence-corrected chi connectivity index (χ3v) is 7.10. The van der Waals surface area contributed by atoms with Gasteiger partial charge in [-0.05, 0) is 55.9 Å². The molecule has 1 aliphatic heterocycles. The number of piperidine rings is 1. The summed E-state index contributed by atoms with van der Waals surface area (Å²) in [6, 6.07) is 10.1. The molecule has 2 heterocycles. The number of hydrogen-bond donors (Lipinski definition) is 1. The summed E-state index contributed by atoms with van der Waals surface area (Å²) >= 11 is 3.50. The van der Waals surface area contributed by atoms with Crippen molar-refractivity contribution >= 4 is 27.7 Å². The molecule has 1 saturated carbocycles. The fourth-order valence-electron chi connectivity index (χ4n) is 4.84. The Balaban J connectivity index is 1.37. The fraction of sp³-hybridized carbons (Fsp3) is 0.500. The molecule has 30 heavy (non-hydrogen) atoms. The molecule has 0 bridgehead atoms. The summed E-state index contributed by atoms with van der Waals surface area (Å²) in [6.45, 7) is 1.23. The molecule has 160 valence electrons. The average molecular weight is 473 g/mol. The minimum atomic E-state index is -0.146. The number of amides is 2. The Morgan fingerprint density at radius 2 is 1.77 bits per heavy atom. The van der Waals surface area contributed by atoms with Crippen molar-refractivity contribution in [2.75, 3.05) is 13.1 Å². The van der Waals surface area contributed by atoms with Crippen LogP contribution >= 0.6 is 15.9 Å². The van der Waals surface area contributed by atoms with Crippen LogP contribution in [0.25, 0.3) is 0 Å². The van der Waals surface area contributed by atoms with Crippen LogP contribution in [0.4, 0.5) is 0 Å². The van der Waals surface area contributed by atoms with Crippen molar-refractivity contribution in [3.05, 3.63) is 58.5 Å². The lowest BCUT2D eigenvalue weighted by Crippen LogP contribution is -2.54. The Morgan fingerprint density at radius 3 is 2.40 bits per heavy atom. The van der Waals surface area contributed by atoms with Crippen LogP contribution in [0.2, 0.25) is 0 Å². The van der Waals surface area contributed by atoms with E-state index in [-0.39, 0.29) is 23.3 Å². The topological polar surface area (TPSA) is 62.6 Å². The molecule has 1 aromatic heterocycles. The second-order valence-corrected chi connectivity index (χ2v) is 9.63. The Morgan fingerprint density at radius 1 is 1.07 bits per heavy atom. The largest absolute Gasteiger partial charge is 0.472 e. The van der Waals surface area contributed by atoms with Gasteiger partial charge in [-0.3, -0.25) is 9.59 Å². The van der Waals surface area contributed by atoms with E-state index in [2.05, 4.69) is 45.5 Å². The van der Waals surface area contributed by atoms with E-state index in [1.54, 1.807) is 6.07 Å². The number of nitrogens with one attached hydrogen (secondary N) is 1. The molecular weight excluding hydrogens is 444 g/mol. The first-order chi connectivity index (χ1) is 14.5. The number of hydrogen-bond acceptors (Lipinski definition) is 3. The van der Waals surface area contributed by atoms with E-state index in [1.807, 2.05) is 4.90 Å². The van der Waals surface area contributed by atoms with Crippen LogP contribution in [0.1, 0.15) is 60.9 Å². The van der Waals surface area contributed by atoms with E-state index in [4.69, 9.17) is 4.42 Å². The second-order valence-electron chi connectivity index (χ2n) is 8.71.